The third kappa shape index (κ3) is 3.68. The third-order valence-electron chi connectivity index (χ3n) is 4.56. The highest BCUT2D eigenvalue weighted by molar-refractivity contribution is 9.10. The van der Waals surface area contributed by atoms with Gasteiger partial charge < -0.3 is 5.32 Å². The van der Waals surface area contributed by atoms with E-state index in [0.717, 1.165) is 26.8 Å². The first-order valence-electron chi connectivity index (χ1n) is 8.96. The van der Waals surface area contributed by atoms with Crippen molar-refractivity contribution in [3.8, 4) is 0 Å². The second-order valence-electron chi connectivity index (χ2n) is 6.77. The molecule has 0 aliphatic carbocycles. The Balaban J connectivity index is 1.70. The molecule has 0 aliphatic rings. The molecule has 0 radical (unpaired) electrons. The molecular formula is C22H19BrN4O. The van der Waals surface area contributed by atoms with E-state index in [1.807, 2.05) is 35.9 Å². The summed E-state index contributed by atoms with van der Waals surface area (Å²) in [6.07, 6.45) is 1.71. The van der Waals surface area contributed by atoms with Gasteiger partial charge in [-0.05, 0) is 53.5 Å². The summed E-state index contributed by atoms with van der Waals surface area (Å²) in [7, 11) is 0. The molecule has 4 rings (SSSR count). The van der Waals surface area contributed by atoms with Gasteiger partial charge in [-0.3, -0.25) is 4.79 Å². The fourth-order valence-electron chi connectivity index (χ4n) is 3.10. The van der Waals surface area contributed by atoms with E-state index in [0.29, 0.717) is 17.8 Å². The molecule has 2 aromatic carbocycles. The van der Waals surface area contributed by atoms with E-state index in [4.69, 9.17) is 0 Å². The van der Waals surface area contributed by atoms with E-state index in [2.05, 4.69) is 62.5 Å². The molecule has 0 saturated heterocycles. The predicted octanol–water partition coefficient (Wildman–Crippen LogP) is 5.11. The summed E-state index contributed by atoms with van der Waals surface area (Å²) < 4.78 is 2.67. The maximum absolute atomic E-state index is 12.9. The lowest BCUT2D eigenvalue weighted by Gasteiger charge is -2.09. The van der Waals surface area contributed by atoms with Crippen LogP contribution in [0.3, 0.4) is 0 Å². The minimum absolute atomic E-state index is 0.183. The molecule has 4 aromatic rings. The molecule has 5 nitrogen and oxygen atoms in total. The van der Waals surface area contributed by atoms with Crippen LogP contribution < -0.4 is 5.32 Å². The molecule has 0 bridgehead atoms. The van der Waals surface area contributed by atoms with Crippen LogP contribution in [0.2, 0.25) is 0 Å². The molecule has 2 aromatic heterocycles. The smallest absolute Gasteiger partial charge is 0.256 e. The summed E-state index contributed by atoms with van der Waals surface area (Å²) in [5.41, 5.74) is 5.12. The molecule has 1 amide bonds. The zero-order chi connectivity index (χ0) is 19.7. The van der Waals surface area contributed by atoms with Gasteiger partial charge in [-0.15, -0.1) is 0 Å². The molecule has 140 valence electrons. The summed E-state index contributed by atoms with van der Waals surface area (Å²) in [6, 6.07) is 17.7. The number of para-hydroxylation sites is 1. The van der Waals surface area contributed by atoms with Crippen molar-refractivity contribution in [3.05, 3.63) is 87.7 Å². The molecule has 28 heavy (non-hydrogen) atoms. The number of rotatable bonds is 4. The number of carbonyl (C=O) groups excluding carboxylic acids is 1. The average molecular weight is 435 g/mol. The number of carbonyl (C=O) groups is 1. The lowest BCUT2D eigenvalue weighted by Crippen LogP contribution is -2.13. The Morgan fingerprint density at radius 1 is 1.11 bits per heavy atom. The number of benzene rings is 2. The summed E-state index contributed by atoms with van der Waals surface area (Å²) in [6.45, 7) is 4.55. The standard InChI is InChI=1S/C22H19BrN4O/c1-14-7-9-16(10-8-14)13-27-21-18(12-24-27)17(11-15(2)25-21)22(28)26-20-6-4-3-5-19(20)23/h3-12H,13H2,1-2H3,(H,26,28). The molecule has 2 heterocycles. The second kappa shape index (κ2) is 7.56. The normalized spacial score (nSPS) is 11.0. The Morgan fingerprint density at radius 3 is 2.61 bits per heavy atom. The lowest BCUT2D eigenvalue weighted by atomic mass is 10.1. The number of hydrogen-bond acceptors (Lipinski definition) is 3. The van der Waals surface area contributed by atoms with Crippen molar-refractivity contribution in [2.75, 3.05) is 5.32 Å². The molecular weight excluding hydrogens is 416 g/mol. The minimum Gasteiger partial charge on any atom is -0.321 e. The van der Waals surface area contributed by atoms with Crippen LogP contribution in [0.25, 0.3) is 11.0 Å². The van der Waals surface area contributed by atoms with Gasteiger partial charge in [0.05, 0.1) is 29.4 Å². The van der Waals surface area contributed by atoms with Gasteiger partial charge in [0.15, 0.2) is 5.65 Å². The van der Waals surface area contributed by atoms with Crippen LogP contribution in [-0.2, 0) is 6.54 Å². The van der Waals surface area contributed by atoms with E-state index >= 15 is 0 Å². The highest BCUT2D eigenvalue weighted by atomic mass is 79.9. The van der Waals surface area contributed by atoms with Crippen molar-refractivity contribution in [3.63, 3.8) is 0 Å². The molecule has 1 N–H and O–H groups in total. The summed E-state index contributed by atoms with van der Waals surface area (Å²) in [5.74, 6) is -0.183. The van der Waals surface area contributed by atoms with Gasteiger partial charge in [-0.1, -0.05) is 42.0 Å². The number of fused-ring (bicyclic) bond motifs is 1. The molecule has 0 fully saturated rings. The molecule has 0 saturated carbocycles. The first-order chi connectivity index (χ1) is 13.5. The van der Waals surface area contributed by atoms with Gasteiger partial charge in [-0.2, -0.15) is 5.10 Å². The maximum atomic E-state index is 12.9. The Hall–Kier alpha value is -2.99. The SMILES string of the molecule is Cc1ccc(Cn2ncc3c(C(=O)Nc4ccccc4Br)cc(C)nc32)cc1. The number of aryl methyl sites for hydroxylation is 2. The van der Waals surface area contributed by atoms with Gasteiger partial charge in [-0.25, -0.2) is 9.67 Å². The number of amides is 1. The topological polar surface area (TPSA) is 59.8 Å². The molecule has 6 heteroatoms. The van der Waals surface area contributed by atoms with Crippen LogP contribution >= 0.6 is 15.9 Å². The van der Waals surface area contributed by atoms with Gasteiger partial charge in [0.2, 0.25) is 0 Å². The Labute approximate surface area is 171 Å². The number of halogens is 1. The van der Waals surface area contributed by atoms with Gasteiger partial charge in [0.1, 0.15) is 0 Å². The van der Waals surface area contributed by atoms with Crippen LogP contribution in [0.5, 0.6) is 0 Å². The number of nitrogens with zero attached hydrogens (tertiary/aromatic N) is 3. The average Bonchev–Trinajstić information content (AvgIpc) is 3.07. The van der Waals surface area contributed by atoms with Crippen LogP contribution in [0.4, 0.5) is 5.69 Å². The molecule has 0 spiro atoms. The van der Waals surface area contributed by atoms with Gasteiger partial charge in [0.25, 0.3) is 5.91 Å². The van der Waals surface area contributed by atoms with Crippen molar-refractivity contribution in [2.24, 2.45) is 0 Å². The maximum Gasteiger partial charge on any atom is 0.256 e. The van der Waals surface area contributed by atoms with Crippen molar-refractivity contribution < 1.29 is 4.79 Å². The zero-order valence-corrected chi connectivity index (χ0v) is 17.2. The Morgan fingerprint density at radius 2 is 1.86 bits per heavy atom. The number of pyridine rings is 1. The van der Waals surface area contributed by atoms with Gasteiger partial charge in [0, 0.05) is 10.2 Å². The van der Waals surface area contributed by atoms with E-state index < -0.39 is 0 Å². The fourth-order valence-corrected chi connectivity index (χ4v) is 3.48. The largest absolute Gasteiger partial charge is 0.321 e. The van der Waals surface area contributed by atoms with Crippen molar-refractivity contribution >= 4 is 38.6 Å². The highest BCUT2D eigenvalue weighted by Crippen LogP contribution is 2.24. The van der Waals surface area contributed by atoms with Crippen LogP contribution in [0, 0.1) is 13.8 Å². The van der Waals surface area contributed by atoms with E-state index in [1.54, 1.807) is 12.3 Å². The predicted molar refractivity (Wildman–Crippen MR) is 115 cm³/mol. The number of nitrogens with one attached hydrogen (secondary N) is 1. The molecule has 0 aliphatic heterocycles. The van der Waals surface area contributed by atoms with E-state index in [9.17, 15) is 4.79 Å². The lowest BCUT2D eigenvalue weighted by molar-refractivity contribution is 0.102. The summed E-state index contributed by atoms with van der Waals surface area (Å²) >= 11 is 3.46. The summed E-state index contributed by atoms with van der Waals surface area (Å²) in [4.78, 5) is 17.6. The third-order valence-corrected chi connectivity index (χ3v) is 5.25. The molecule has 0 atom stereocenters. The van der Waals surface area contributed by atoms with E-state index in [-0.39, 0.29) is 5.91 Å². The zero-order valence-electron chi connectivity index (χ0n) is 15.6. The van der Waals surface area contributed by atoms with E-state index in [1.165, 1.54) is 5.56 Å². The number of aromatic nitrogens is 3. The Bertz CT molecular complexity index is 1170. The first-order valence-corrected chi connectivity index (χ1v) is 9.75. The summed E-state index contributed by atoms with van der Waals surface area (Å²) in [5, 5.41) is 8.19. The quantitative estimate of drug-likeness (QED) is 0.485. The highest BCUT2D eigenvalue weighted by Gasteiger charge is 2.17. The van der Waals surface area contributed by atoms with Crippen molar-refractivity contribution in [1.29, 1.82) is 0 Å². The number of anilines is 1. The van der Waals surface area contributed by atoms with Crippen molar-refractivity contribution in [2.45, 2.75) is 20.4 Å². The van der Waals surface area contributed by atoms with Crippen LogP contribution in [0.15, 0.2) is 65.3 Å². The minimum atomic E-state index is -0.183. The van der Waals surface area contributed by atoms with Crippen molar-refractivity contribution in [1.82, 2.24) is 14.8 Å². The fraction of sp³-hybridized carbons (Fsp3) is 0.136. The van der Waals surface area contributed by atoms with Gasteiger partial charge >= 0.3 is 0 Å². The van der Waals surface area contributed by atoms with Crippen LogP contribution in [-0.4, -0.2) is 20.7 Å². The Kier molecular flexibility index (Phi) is 4.96. The molecule has 0 unspecified atom stereocenters. The number of hydrogen-bond donors (Lipinski definition) is 1. The second-order valence-corrected chi connectivity index (χ2v) is 7.62. The first kappa shape index (κ1) is 18.4. The monoisotopic (exact) mass is 434 g/mol. The van der Waals surface area contributed by atoms with Crippen LogP contribution in [0.1, 0.15) is 27.2 Å².